The lowest BCUT2D eigenvalue weighted by atomic mass is 10.2. The predicted octanol–water partition coefficient (Wildman–Crippen LogP) is 2.71. The minimum Gasteiger partial charge on any atom is -0.495 e. The zero-order valence-electron chi connectivity index (χ0n) is 15.4. The molecule has 8 heteroatoms. The number of aromatic amines is 1. The molecule has 0 aliphatic rings. The number of carbonyl (C=O) groups is 1. The molecule has 4 rings (SSSR count). The normalized spacial score (nSPS) is 11.1. The largest absolute Gasteiger partial charge is 0.495 e. The third-order valence-corrected chi connectivity index (χ3v) is 5.37. The zero-order valence-corrected chi connectivity index (χ0v) is 16.2. The van der Waals surface area contributed by atoms with Crippen LogP contribution in [0.15, 0.2) is 58.5 Å². The van der Waals surface area contributed by atoms with Gasteiger partial charge in [0.1, 0.15) is 16.8 Å². The van der Waals surface area contributed by atoms with Gasteiger partial charge in [-0.15, -0.1) is 0 Å². The molecule has 2 N–H and O–H groups in total. The summed E-state index contributed by atoms with van der Waals surface area (Å²) in [4.78, 5) is 33.1. The summed E-state index contributed by atoms with van der Waals surface area (Å²) in [6, 6.07) is 14.9. The van der Waals surface area contributed by atoms with Gasteiger partial charge in [-0.2, -0.15) is 0 Å². The van der Waals surface area contributed by atoms with Crippen LogP contribution >= 0.6 is 11.8 Å². The Morgan fingerprint density at radius 2 is 1.96 bits per heavy atom. The first-order valence-electron chi connectivity index (χ1n) is 8.64. The van der Waals surface area contributed by atoms with Gasteiger partial charge in [-0.3, -0.25) is 9.59 Å². The Labute approximate surface area is 164 Å². The number of amides is 1. The van der Waals surface area contributed by atoms with E-state index in [1.165, 1.54) is 16.3 Å². The lowest BCUT2D eigenvalue weighted by Crippen LogP contribution is -2.24. The van der Waals surface area contributed by atoms with Gasteiger partial charge >= 0.3 is 0 Å². The first-order chi connectivity index (χ1) is 13.6. The molecule has 0 fully saturated rings. The van der Waals surface area contributed by atoms with Crippen molar-refractivity contribution >= 4 is 39.6 Å². The number of ether oxygens (including phenoxy) is 1. The van der Waals surface area contributed by atoms with E-state index in [1.807, 2.05) is 36.4 Å². The van der Waals surface area contributed by atoms with E-state index in [2.05, 4.69) is 10.3 Å². The molecule has 7 nitrogen and oxygen atoms in total. The van der Waals surface area contributed by atoms with E-state index in [1.54, 1.807) is 26.3 Å². The number of methoxy groups -OCH3 is 1. The molecule has 0 saturated heterocycles. The topological polar surface area (TPSA) is 89.0 Å². The standard InChI is InChI=1S/C20H18N4O3S/c1-21-16(25)11-28-20-23-17-12-7-3-4-8-13(12)22-18(17)19(26)24(20)14-9-5-6-10-15(14)27-2/h3-10,22H,11H2,1-2H3,(H,21,25). The zero-order chi connectivity index (χ0) is 19.7. The number of carbonyl (C=O) groups excluding carboxylic acids is 1. The van der Waals surface area contributed by atoms with E-state index < -0.39 is 0 Å². The van der Waals surface area contributed by atoms with Crippen molar-refractivity contribution in [2.24, 2.45) is 0 Å². The molecule has 0 unspecified atom stereocenters. The van der Waals surface area contributed by atoms with Crippen LogP contribution < -0.4 is 15.6 Å². The summed E-state index contributed by atoms with van der Waals surface area (Å²) in [5.41, 5.74) is 2.16. The SMILES string of the molecule is CNC(=O)CSc1nc2c([nH]c3ccccc32)c(=O)n1-c1ccccc1OC. The summed E-state index contributed by atoms with van der Waals surface area (Å²) in [6.45, 7) is 0. The van der Waals surface area contributed by atoms with Gasteiger partial charge in [0.15, 0.2) is 5.16 Å². The van der Waals surface area contributed by atoms with Crippen LogP contribution in [0.2, 0.25) is 0 Å². The van der Waals surface area contributed by atoms with Crippen molar-refractivity contribution in [3.63, 3.8) is 0 Å². The third-order valence-electron chi connectivity index (χ3n) is 4.43. The molecule has 142 valence electrons. The second kappa shape index (κ2) is 7.40. The van der Waals surface area contributed by atoms with Crippen LogP contribution in [-0.4, -0.2) is 40.4 Å². The van der Waals surface area contributed by atoms with E-state index in [0.29, 0.717) is 27.6 Å². The summed E-state index contributed by atoms with van der Waals surface area (Å²) in [7, 11) is 3.13. The number of fused-ring (bicyclic) bond motifs is 3. The Kier molecular flexibility index (Phi) is 4.79. The highest BCUT2D eigenvalue weighted by atomic mass is 32.2. The number of H-pyrrole nitrogens is 1. The molecule has 2 heterocycles. The molecule has 28 heavy (non-hydrogen) atoms. The minimum atomic E-state index is -0.245. The first kappa shape index (κ1) is 18.1. The second-order valence-electron chi connectivity index (χ2n) is 6.06. The highest BCUT2D eigenvalue weighted by Crippen LogP contribution is 2.29. The maximum absolute atomic E-state index is 13.4. The fourth-order valence-corrected chi connectivity index (χ4v) is 3.94. The molecule has 0 aliphatic heterocycles. The molecule has 0 bridgehead atoms. The van der Waals surface area contributed by atoms with Crippen LogP contribution in [-0.2, 0) is 4.79 Å². The highest BCUT2D eigenvalue weighted by molar-refractivity contribution is 7.99. The van der Waals surface area contributed by atoms with Crippen LogP contribution in [0, 0.1) is 0 Å². The van der Waals surface area contributed by atoms with Gasteiger partial charge in [0.25, 0.3) is 5.56 Å². The molecule has 4 aromatic rings. The van der Waals surface area contributed by atoms with Gasteiger partial charge in [-0.1, -0.05) is 42.1 Å². The molecule has 0 atom stereocenters. The monoisotopic (exact) mass is 394 g/mol. The van der Waals surface area contributed by atoms with Crippen LogP contribution in [0.4, 0.5) is 0 Å². The molecule has 0 aliphatic carbocycles. The number of hydrogen-bond acceptors (Lipinski definition) is 5. The summed E-state index contributed by atoms with van der Waals surface area (Å²) in [5.74, 6) is 0.542. The number of nitrogens with one attached hydrogen (secondary N) is 2. The van der Waals surface area contributed by atoms with E-state index in [4.69, 9.17) is 9.72 Å². The minimum absolute atomic E-state index is 0.145. The van der Waals surface area contributed by atoms with Crippen molar-refractivity contribution in [3.8, 4) is 11.4 Å². The van der Waals surface area contributed by atoms with Gasteiger partial charge in [0.05, 0.1) is 18.6 Å². The van der Waals surface area contributed by atoms with E-state index >= 15 is 0 Å². The summed E-state index contributed by atoms with van der Waals surface area (Å²) >= 11 is 1.21. The van der Waals surface area contributed by atoms with Crippen molar-refractivity contribution in [1.82, 2.24) is 19.9 Å². The van der Waals surface area contributed by atoms with Gasteiger partial charge in [-0.05, 0) is 18.2 Å². The Hall–Kier alpha value is -3.26. The quantitative estimate of drug-likeness (QED) is 0.401. The Balaban J connectivity index is 2.02. The molecule has 2 aromatic carbocycles. The number of rotatable bonds is 5. The number of para-hydroxylation sites is 3. The van der Waals surface area contributed by atoms with Crippen molar-refractivity contribution in [1.29, 1.82) is 0 Å². The van der Waals surface area contributed by atoms with Crippen molar-refractivity contribution in [3.05, 3.63) is 58.9 Å². The van der Waals surface area contributed by atoms with Gasteiger partial charge in [0.2, 0.25) is 5.91 Å². The van der Waals surface area contributed by atoms with Crippen LogP contribution in [0.1, 0.15) is 0 Å². The van der Waals surface area contributed by atoms with Crippen LogP contribution in [0.3, 0.4) is 0 Å². The number of thioether (sulfide) groups is 1. The molecular formula is C20H18N4O3S. The van der Waals surface area contributed by atoms with Crippen molar-refractivity contribution < 1.29 is 9.53 Å². The van der Waals surface area contributed by atoms with E-state index in [-0.39, 0.29) is 17.2 Å². The molecule has 0 spiro atoms. The lowest BCUT2D eigenvalue weighted by molar-refractivity contribution is -0.118. The smallest absolute Gasteiger partial charge is 0.283 e. The number of benzene rings is 2. The Bertz CT molecular complexity index is 1250. The maximum atomic E-state index is 13.4. The van der Waals surface area contributed by atoms with E-state index in [0.717, 1.165) is 10.9 Å². The van der Waals surface area contributed by atoms with E-state index in [9.17, 15) is 9.59 Å². The second-order valence-corrected chi connectivity index (χ2v) is 7.01. The highest BCUT2D eigenvalue weighted by Gasteiger charge is 2.19. The van der Waals surface area contributed by atoms with Gasteiger partial charge < -0.3 is 15.0 Å². The average Bonchev–Trinajstić information content (AvgIpc) is 3.11. The van der Waals surface area contributed by atoms with Crippen LogP contribution in [0.25, 0.3) is 27.6 Å². The molecular weight excluding hydrogens is 376 g/mol. The number of nitrogens with zero attached hydrogens (tertiary/aromatic N) is 2. The number of hydrogen-bond donors (Lipinski definition) is 2. The third kappa shape index (κ3) is 3.01. The first-order valence-corrected chi connectivity index (χ1v) is 9.63. The molecule has 1 amide bonds. The molecule has 2 aromatic heterocycles. The number of aromatic nitrogens is 3. The fourth-order valence-electron chi connectivity index (χ4n) is 3.07. The van der Waals surface area contributed by atoms with Gasteiger partial charge in [0, 0.05) is 18.0 Å². The molecule has 0 saturated carbocycles. The summed E-state index contributed by atoms with van der Waals surface area (Å²) < 4.78 is 6.93. The fraction of sp³-hybridized carbons (Fsp3) is 0.150. The summed E-state index contributed by atoms with van der Waals surface area (Å²) in [6.07, 6.45) is 0. The summed E-state index contributed by atoms with van der Waals surface area (Å²) in [5, 5.41) is 3.88. The molecule has 0 radical (unpaired) electrons. The van der Waals surface area contributed by atoms with Gasteiger partial charge in [-0.25, -0.2) is 9.55 Å². The van der Waals surface area contributed by atoms with Crippen LogP contribution in [0.5, 0.6) is 5.75 Å². The lowest BCUT2D eigenvalue weighted by Gasteiger charge is -2.14. The van der Waals surface area contributed by atoms with Crippen molar-refractivity contribution in [2.45, 2.75) is 5.16 Å². The Morgan fingerprint density at radius 3 is 2.75 bits per heavy atom. The predicted molar refractivity (Wildman–Crippen MR) is 111 cm³/mol. The average molecular weight is 394 g/mol. The Morgan fingerprint density at radius 1 is 1.21 bits per heavy atom. The maximum Gasteiger partial charge on any atom is 0.283 e. The van der Waals surface area contributed by atoms with Crippen molar-refractivity contribution in [2.75, 3.05) is 19.9 Å².